The van der Waals surface area contributed by atoms with E-state index in [1.54, 1.807) is 0 Å². The van der Waals surface area contributed by atoms with Gasteiger partial charge in [-0.2, -0.15) is 0 Å². The highest BCUT2D eigenvalue weighted by molar-refractivity contribution is 9.10. The van der Waals surface area contributed by atoms with Crippen molar-refractivity contribution in [3.63, 3.8) is 0 Å². The molecule has 0 aliphatic heterocycles. The zero-order valence-electron chi connectivity index (χ0n) is 6.09. The number of primary sulfonamides is 1. The first kappa shape index (κ1) is 11.3. The number of hydrogen-bond acceptors (Lipinski definition) is 2. The van der Waals surface area contributed by atoms with E-state index in [0.717, 1.165) is 0 Å². The molecule has 7 heteroatoms. The van der Waals surface area contributed by atoms with Gasteiger partial charge in [0.2, 0.25) is 10.0 Å². The summed E-state index contributed by atoms with van der Waals surface area (Å²) in [7, 11) is -3.76. The van der Waals surface area contributed by atoms with E-state index in [4.69, 9.17) is 28.3 Å². The van der Waals surface area contributed by atoms with Crippen molar-refractivity contribution in [2.45, 2.75) is 4.90 Å². The van der Waals surface area contributed by atoms with Gasteiger partial charge in [0, 0.05) is 4.47 Å². The number of nitrogens with two attached hydrogens (primary N) is 1. The normalized spacial score (nSPS) is 11.7. The third-order valence-corrected chi connectivity index (χ3v) is 3.87. The molecule has 0 unspecified atom stereocenters. The molecule has 0 saturated heterocycles. The van der Waals surface area contributed by atoms with Gasteiger partial charge < -0.3 is 0 Å². The molecule has 1 aromatic rings. The van der Waals surface area contributed by atoms with Crippen molar-refractivity contribution in [1.82, 2.24) is 0 Å². The molecule has 0 bridgehead atoms. The van der Waals surface area contributed by atoms with Crippen LogP contribution >= 0.6 is 39.1 Å². The number of hydrogen-bond donors (Lipinski definition) is 1. The minimum Gasteiger partial charge on any atom is -0.225 e. The molecule has 0 aliphatic rings. The van der Waals surface area contributed by atoms with Crippen LogP contribution in [0.15, 0.2) is 21.5 Å². The lowest BCUT2D eigenvalue weighted by Crippen LogP contribution is -2.12. The summed E-state index contributed by atoms with van der Waals surface area (Å²) in [6.07, 6.45) is 0. The topological polar surface area (TPSA) is 60.2 Å². The summed E-state index contributed by atoms with van der Waals surface area (Å²) < 4.78 is 22.2. The maximum absolute atomic E-state index is 11.0. The monoisotopic (exact) mass is 303 g/mol. The summed E-state index contributed by atoms with van der Waals surface area (Å²) in [5.41, 5.74) is 0. The fourth-order valence-corrected chi connectivity index (χ4v) is 2.88. The van der Waals surface area contributed by atoms with Crippen LogP contribution < -0.4 is 5.14 Å². The molecule has 0 spiro atoms. The third-order valence-electron chi connectivity index (χ3n) is 1.28. The Balaban J connectivity index is 3.50. The molecule has 0 amide bonds. The van der Waals surface area contributed by atoms with Gasteiger partial charge in [0.05, 0.1) is 14.9 Å². The van der Waals surface area contributed by atoms with Gasteiger partial charge in [-0.25, -0.2) is 13.6 Å². The first-order valence-electron chi connectivity index (χ1n) is 2.99. The zero-order valence-corrected chi connectivity index (χ0v) is 10.0. The Bertz CT molecular complexity index is 446. The largest absolute Gasteiger partial charge is 0.239 e. The molecule has 0 heterocycles. The van der Waals surface area contributed by atoms with Crippen LogP contribution in [0.2, 0.25) is 10.0 Å². The highest BCUT2D eigenvalue weighted by atomic mass is 79.9. The average Bonchev–Trinajstić information content (AvgIpc) is 1.94. The minimum atomic E-state index is -3.76. The average molecular weight is 305 g/mol. The summed E-state index contributed by atoms with van der Waals surface area (Å²) in [6.45, 7) is 0. The molecule has 1 rings (SSSR count). The Morgan fingerprint density at radius 1 is 1.23 bits per heavy atom. The second-order valence-corrected chi connectivity index (χ2v) is 5.44. The molecule has 2 N–H and O–H groups in total. The van der Waals surface area contributed by atoms with Crippen molar-refractivity contribution in [3.8, 4) is 0 Å². The van der Waals surface area contributed by atoms with Gasteiger partial charge in [-0.1, -0.05) is 23.2 Å². The fraction of sp³-hybridized carbons (Fsp3) is 0. The quantitative estimate of drug-likeness (QED) is 0.810. The number of sulfonamides is 1. The van der Waals surface area contributed by atoms with E-state index in [1.165, 1.54) is 12.1 Å². The molecule has 1 aromatic carbocycles. The zero-order chi connectivity index (χ0) is 10.2. The molecule has 0 aromatic heterocycles. The summed E-state index contributed by atoms with van der Waals surface area (Å²) >= 11 is 14.3. The van der Waals surface area contributed by atoms with Crippen LogP contribution in [-0.2, 0) is 10.0 Å². The SMILES string of the molecule is NS(=O)(=O)c1cc(Cl)c(Cl)cc1Br. The van der Waals surface area contributed by atoms with Crippen molar-refractivity contribution in [1.29, 1.82) is 0 Å². The molecule has 72 valence electrons. The molecule has 13 heavy (non-hydrogen) atoms. The first-order chi connectivity index (χ1) is 5.82. The van der Waals surface area contributed by atoms with Crippen molar-refractivity contribution in [3.05, 3.63) is 26.7 Å². The molecule has 0 radical (unpaired) electrons. The second-order valence-electron chi connectivity index (χ2n) is 2.24. The van der Waals surface area contributed by atoms with Crippen molar-refractivity contribution >= 4 is 49.2 Å². The fourth-order valence-electron chi connectivity index (χ4n) is 0.722. The molecule has 3 nitrogen and oxygen atoms in total. The van der Waals surface area contributed by atoms with Crippen LogP contribution in [0.25, 0.3) is 0 Å². The first-order valence-corrected chi connectivity index (χ1v) is 6.09. The number of halogens is 3. The van der Waals surface area contributed by atoms with E-state index in [0.29, 0.717) is 4.47 Å². The Hall–Kier alpha value is 0.190. The molecule has 0 aliphatic carbocycles. The summed E-state index contributed by atoms with van der Waals surface area (Å²) in [5, 5.41) is 5.33. The van der Waals surface area contributed by atoms with E-state index >= 15 is 0 Å². The van der Waals surface area contributed by atoms with Gasteiger partial charge in [0.25, 0.3) is 0 Å². The highest BCUT2D eigenvalue weighted by Crippen LogP contribution is 2.30. The highest BCUT2D eigenvalue weighted by Gasteiger charge is 2.14. The summed E-state index contributed by atoms with van der Waals surface area (Å²) in [6, 6.07) is 2.58. The molecule has 0 atom stereocenters. The lowest BCUT2D eigenvalue weighted by atomic mass is 10.4. The predicted octanol–water partition coefficient (Wildman–Crippen LogP) is 2.40. The van der Waals surface area contributed by atoms with Crippen LogP contribution in [0.4, 0.5) is 0 Å². The lowest BCUT2D eigenvalue weighted by molar-refractivity contribution is 0.597. The van der Waals surface area contributed by atoms with E-state index in [1.807, 2.05) is 0 Å². The number of rotatable bonds is 1. The smallest absolute Gasteiger partial charge is 0.225 e. The summed E-state index contributed by atoms with van der Waals surface area (Å²) in [4.78, 5) is -0.0816. The van der Waals surface area contributed by atoms with E-state index in [2.05, 4.69) is 15.9 Å². The molecular formula is C6H4BrCl2NO2S. The van der Waals surface area contributed by atoms with Crippen molar-refractivity contribution < 1.29 is 8.42 Å². The predicted molar refractivity (Wildman–Crippen MR) is 55.5 cm³/mol. The van der Waals surface area contributed by atoms with Gasteiger partial charge in [-0.3, -0.25) is 0 Å². The van der Waals surface area contributed by atoms with Crippen molar-refractivity contribution in [2.75, 3.05) is 0 Å². The van der Waals surface area contributed by atoms with Gasteiger partial charge in [-0.05, 0) is 28.1 Å². The number of benzene rings is 1. The maximum atomic E-state index is 11.0. The van der Waals surface area contributed by atoms with Crippen LogP contribution in [0, 0.1) is 0 Å². The van der Waals surface area contributed by atoms with E-state index in [-0.39, 0.29) is 14.9 Å². The standard InChI is InChI=1S/C6H4BrCl2NO2S/c7-3-1-4(8)5(9)2-6(3)13(10,11)12/h1-2H,(H2,10,11,12). The second kappa shape index (κ2) is 3.74. The van der Waals surface area contributed by atoms with Crippen LogP contribution in [0.3, 0.4) is 0 Å². The van der Waals surface area contributed by atoms with Crippen LogP contribution in [0.5, 0.6) is 0 Å². The molecule has 0 saturated carbocycles. The third kappa shape index (κ3) is 2.57. The Labute approximate surface area is 94.0 Å². The summed E-state index contributed by atoms with van der Waals surface area (Å²) in [5.74, 6) is 0. The molecular weight excluding hydrogens is 301 g/mol. The lowest BCUT2D eigenvalue weighted by Gasteiger charge is -2.03. The van der Waals surface area contributed by atoms with Gasteiger partial charge >= 0.3 is 0 Å². The van der Waals surface area contributed by atoms with E-state index in [9.17, 15) is 8.42 Å². The molecule has 0 fully saturated rings. The van der Waals surface area contributed by atoms with Gasteiger partial charge in [-0.15, -0.1) is 0 Å². The maximum Gasteiger partial charge on any atom is 0.239 e. The Kier molecular flexibility index (Phi) is 3.24. The Morgan fingerprint density at radius 3 is 2.15 bits per heavy atom. The van der Waals surface area contributed by atoms with Crippen LogP contribution in [-0.4, -0.2) is 8.42 Å². The van der Waals surface area contributed by atoms with Gasteiger partial charge in [0.1, 0.15) is 0 Å². The minimum absolute atomic E-state index is 0.0816. The van der Waals surface area contributed by atoms with Crippen molar-refractivity contribution in [2.24, 2.45) is 5.14 Å². The Morgan fingerprint density at radius 2 is 1.69 bits per heavy atom. The van der Waals surface area contributed by atoms with Gasteiger partial charge in [0.15, 0.2) is 0 Å². The van der Waals surface area contributed by atoms with E-state index < -0.39 is 10.0 Å². The van der Waals surface area contributed by atoms with Crippen LogP contribution in [0.1, 0.15) is 0 Å².